The normalized spacial score (nSPS) is 12.0. The Kier molecular flexibility index (Phi) is 11.9. The lowest BCUT2D eigenvalue weighted by Gasteiger charge is -2.31. The van der Waals surface area contributed by atoms with Crippen LogP contribution >= 0.6 is 0 Å². The van der Waals surface area contributed by atoms with Gasteiger partial charge in [-0.15, -0.1) is 0 Å². The van der Waals surface area contributed by atoms with Crippen molar-refractivity contribution in [1.82, 2.24) is 10.2 Å². The number of nitrogens with zero attached hydrogens (tertiary/aromatic N) is 2. The Bertz CT molecular complexity index is 1120. The summed E-state index contributed by atoms with van der Waals surface area (Å²) in [6.07, 6.45) is 3.73. The molecular weight excluding hydrogens is 490 g/mol. The Morgan fingerprint density at radius 2 is 1.73 bits per heavy atom. The van der Waals surface area contributed by atoms with Gasteiger partial charge in [0.15, 0.2) is 0 Å². The van der Waals surface area contributed by atoms with Crippen LogP contribution in [0.4, 0.5) is 5.69 Å². The van der Waals surface area contributed by atoms with Gasteiger partial charge in [-0.25, -0.2) is 8.42 Å². The third-order valence-electron chi connectivity index (χ3n) is 6.21. The first-order chi connectivity index (χ1) is 17.6. The largest absolute Gasteiger partial charge is 0.497 e. The van der Waals surface area contributed by atoms with Gasteiger partial charge < -0.3 is 15.0 Å². The Labute approximate surface area is 222 Å². The van der Waals surface area contributed by atoms with E-state index in [2.05, 4.69) is 5.32 Å². The van der Waals surface area contributed by atoms with E-state index < -0.39 is 16.1 Å². The number of benzene rings is 2. The van der Waals surface area contributed by atoms with Crippen molar-refractivity contribution in [3.8, 4) is 5.75 Å². The topological polar surface area (TPSA) is 96.0 Å². The minimum absolute atomic E-state index is 0.112. The summed E-state index contributed by atoms with van der Waals surface area (Å²) in [6, 6.07) is 14.2. The Morgan fingerprint density at radius 3 is 2.30 bits per heavy atom. The molecule has 0 saturated carbocycles. The molecular formula is C28H41N3O5S. The lowest BCUT2D eigenvalue weighted by atomic mass is 10.1. The Hall–Kier alpha value is -3.07. The highest BCUT2D eigenvalue weighted by atomic mass is 32.2. The van der Waals surface area contributed by atoms with Gasteiger partial charge in [0.1, 0.15) is 11.8 Å². The molecule has 1 N–H and O–H groups in total. The van der Waals surface area contributed by atoms with Crippen LogP contribution < -0.4 is 14.4 Å². The fourth-order valence-corrected chi connectivity index (χ4v) is 5.12. The summed E-state index contributed by atoms with van der Waals surface area (Å²) in [5.74, 6) is 0.289. The molecule has 9 heteroatoms. The van der Waals surface area contributed by atoms with Gasteiger partial charge in [-0.2, -0.15) is 0 Å². The molecule has 0 fully saturated rings. The maximum Gasteiger partial charge on any atom is 0.242 e. The Morgan fingerprint density at radius 1 is 1.03 bits per heavy atom. The molecule has 0 aliphatic heterocycles. The molecule has 204 valence electrons. The van der Waals surface area contributed by atoms with Crippen LogP contribution in [0.5, 0.6) is 5.75 Å². The highest BCUT2D eigenvalue weighted by molar-refractivity contribution is 7.92. The number of nitrogens with one attached hydrogen (secondary N) is 1. The van der Waals surface area contributed by atoms with E-state index in [9.17, 15) is 18.0 Å². The van der Waals surface area contributed by atoms with E-state index in [1.807, 2.05) is 57.2 Å². The quantitative estimate of drug-likeness (QED) is 0.373. The van der Waals surface area contributed by atoms with Gasteiger partial charge >= 0.3 is 0 Å². The molecule has 0 unspecified atom stereocenters. The average molecular weight is 532 g/mol. The summed E-state index contributed by atoms with van der Waals surface area (Å²) < 4.78 is 31.7. The lowest BCUT2D eigenvalue weighted by molar-refractivity contribution is -0.141. The number of ether oxygens (including phenoxy) is 1. The zero-order chi connectivity index (χ0) is 27.4. The smallest absolute Gasteiger partial charge is 0.242 e. The second-order valence-corrected chi connectivity index (χ2v) is 11.0. The number of carbonyl (C=O) groups excluding carboxylic acids is 2. The minimum Gasteiger partial charge on any atom is -0.497 e. The summed E-state index contributed by atoms with van der Waals surface area (Å²) in [6.45, 7) is 6.86. The molecule has 0 aliphatic rings. The molecule has 0 aliphatic carbocycles. The van der Waals surface area contributed by atoms with Crippen LogP contribution in [0.2, 0.25) is 0 Å². The second kappa shape index (κ2) is 14.6. The highest BCUT2D eigenvalue weighted by Crippen LogP contribution is 2.21. The number of methoxy groups -OCH3 is 1. The van der Waals surface area contributed by atoms with Crippen molar-refractivity contribution in [3.63, 3.8) is 0 Å². The molecule has 0 spiro atoms. The summed E-state index contributed by atoms with van der Waals surface area (Å²) in [4.78, 5) is 28.0. The van der Waals surface area contributed by atoms with Crippen LogP contribution in [0.1, 0.15) is 57.6 Å². The molecule has 2 aromatic rings. The standard InChI is InChI=1S/C28H41N3O5S/c1-6-18-29-28(33)26(8-3)30(21-23-11-9-12-25(20-23)36-4)27(32)13-10-19-31(37(5,34)35)24-16-14-22(7-2)15-17-24/h9,11-12,14-17,20,26H,6-8,10,13,18-19,21H2,1-5H3,(H,29,33)/t26-/m0/s1. The molecule has 0 bridgehead atoms. The van der Waals surface area contributed by atoms with E-state index in [1.165, 1.54) is 10.6 Å². The molecule has 2 aromatic carbocycles. The summed E-state index contributed by atoms with van der Waals surface area (Å²) >= 11 is 0. The van der Waals surface area contributed by atoms with Crippen molar-refractivity contribution in [3.05, 3.63) is 59.7 Å². The third-order valence-corrected chi connectivity index (χ3v) is 7.40. The number of sulfonamides is 1. The molecule has 37 heavy (non-hydrogen) atoms. The van der Waals surface area contributed by atoms with Crippen molar-refractivity contribution < 1.29 is 22.7 Å². The fourth-order valence-electron chi connectivity index (χ4n) is 4.15. The van der Waals surface area contributed by atoms with Gasteiger partial charge in [0.05, 0.1) is 19.1 Å². The number of hydrogen-bond donors (Lipinski definition) is 1. The number of anilines is 1. The highest BCUT2D eigenvalue weighted by Gasteiger charge is 2.28. The van der Waals surface area contributed by atoms with Crippen LogP contribution in [0.15, 0.2) is 48.5 Å². The first kappa shape index (κ1) is 30.2. The first-order valence-electron chi connectivity index (χ1n) is 12.9. The SMILES string of the molecule is CCCNC(=O)[C@H](CC)N(Cc1cccc(OC)c1)C(=O)CCCN(c1ccc(CC)cc1)S(C)(=O)=O. The first-order valence-corrected chi connectivity index (χ1v) is 14.8. The van der Waals surface area contributed by atoms with Crippen molar-refractivity contribution in [2.75, 3.05) is 30.8 Å². The third kappa shape index (κ3) is 9.07. The molecule has 8 nitrogen and oxygen atoms in total. The van der Waals surface area contributed by atoms with E-state index >= 15 is 0 Å². The lowest BCUT2D eigenvalue weighted by Crippen LogP contribution is -2.49. The van der Waals surface area contributed by atoms with Crippen LogP contribution in [-0.2, 0) is 32.6 Å². The molecule has 0 heterocycles. The maximum absolute atomic E-state index is 13.5. The van der Waals surface area contributed by atoms with E-state index in [0.717, 1.165) is 24.0 Å². The molecule has 0 aromatic heterocycles. The summed E-state index contributed by atoms with van der Waals surface area (Å²) in [5.41, 5.74) is 2.54. The van der Waals surface area contributed by atoms with Crippen molar-refractivity contribution in [1.29, 1.82) is 0 Å². The molecule has 2 rings (SSSR count). The number of aryl methyl sites for hydroxylation is 1. The number of rotatable bonds is 15. The monoisotopic (exact) mass is 531 g/mol. The van der Waals surface area contributed by atoms with Crippen molar-refractivity contribution in [2.24, 2.45) is 0 Å². The molecule has 1 atom stereocenters. The van der Waals surface area contributed by atoms with E-state index in [-0.39, 0.29) is 31.3 Å². The summed E-state index contributed by atoms with van der Waals surface area (Å²) in [7, 11) is -1.94. The second-order valence-electron chi connectivity index (χ2n) is 9.05. The van der Waals surface area contributed by atoms with Crippen LogP contribution in [0.3, 0.4) is 0 Å². The van der Waals surface area contributed by atoms with E-state index in [0.29, 0.717) is 30.8 Å². The predicted molar refractivity (Wildman–Crippen MR) is 148 cm³/mol. The van der Waals surface area contributed by atoms with Crippen molar-refractivity contribution in [2.45, 2.75) is 65.5 Å². The molecule has 2 amide bonds. The van der Waals surface area contributed by atoms with Gasteiger partial charge in [0.25, 0.3) is 0 Å². The van der Waals surface area contributed by atoms with Crippen LogP contribution in [0, 0.1) is 0 Å². The fraction of sp³-hybridized carbons (Fsp3) is 0.500. The van der Waals surface area contributed by atoms with Crippen molar-refractivity contribution >= 4 is 27.5 Å². The predicted octanol–water partition coefficient (Wildman–Crippen LogP) is 4.14. The zero-order valence-electron chi connectivity index (χ0n) is 22.7. The van der Waals surface area contributed by atoms with Gasteiger partial charge in [0.2, 0.25) is 21.8 Å². The minimum atomic E-state index is -3.53. The average Bonchev–Trinajstić information content (AvgIpc) is 2.89. The van der Waals surface area contributed by atoms with E-state index in [1.54, 1.807) is 24.1 Å². The van der Waals surface area contributed by atoms with Gasteiger partial charge in [-0.3, -0.25) is 13.9 Å². The van der Waals surface area contributed by atoms with Gasteiger partial charge in [-0.05, 0) is 61.1 Å². The number of hydrogen-bond acceptors (Lipinski definition) is 5. The van der Waals surface area contributed by atoms with Gasteiger partial charge in [-0.1, -0.05) is 45.0 Å². The molecule has 0 radical (unpaired) electrons. The Balaban J connectivity index is 2.21. The molecule has 0 saturated heterocycles. The summed E-state index contributed by atoms with van der Waals surface area (Å²) in [5, 5.41) is 2.91. The maximum atomic E-state index is 13.5. The van der Waals surface area contributed by atoms with E-state index in [4.69, 9.17) is 4.74 Å². The number of amides is 2. The van der Waals surface area contributed by atoms with Crippen LogP contribution in [-0.4, -0.2) is 57.6 Å². The number of carbonyl (C=O) groups is 2. The van der Waals surface area contributed by atoms with Gasteiger partial charge in [0, 0.05) is 26.1 Å². The van der Waals surface area contributed by atoms with Crippen LogP contribution in [0.25, 0.3) is 0 Å². The zero-order valence-corrected chi connectivity index (χ0v) is 23.5.